The molecule has 0 fully saturated rings. The smallest absolute Gasteiger partial charge is 0.249 e. The lowest BCUT2D eigenvalue weighted by molar-refractivity contribution is -0.117. The van der Waals surface area contributed by atoms with Crippen LogP contribution in [0.25, 0.3) is 0 Å². The molecule has 0 aliphatic heterocycles. The summed E-state index contributed by atoms with van der Waals surface area (Å²) in [6.07, 6.45) is 5.17. The van der Waals surface area contributed by atoms with Crippen LogP contribution >= 0.6 is 0 Å². The molecule has 0 saturated carbocycles. The van der Waals surface area contributed by atoms with Crippen molar-refractivity contribution >= 4 is 5.91 Å². The first kappa shape index (κ1) is 12.4. The second-order valence-electron chi connectivity index (χ2n) is 4.19. The van der Waals surface area contributed by atoms with Gasteiger partial charge in [0.2, 0.25) is 5.91 Å². The van der Waals surface area contributed by atoms with Crippen molar-refractivity contribution in [3.63, 3.8) is 0 Å². The quantitative estimate of drug-likeness (QED) is 0.857. The standard InChI is InChI=1S/C14H15FN2O/c15-11-5-3-4-10(8-11)9-17-14(18)12-6-1-2-7-13(12)16/h2-5,7-8H,1,6,9,16H2,(H,17,18). The van der Waals surface area contributed by atoms with E-state index in [1.807, 2.05) is 6.08 Å². The minimum atomic E-state index is -0.305. The first-order chi connectivity index (χ1) is 8.66. The number of amides is 1. The maximum atomic E-state index is 13.0. The minimum Gasteiger partial charge on any atom is -0.398 e. The van der Waals surface area contributed by atoms with E-state index < -0.39 is 0 Å². The molecule has 0 aromatic heterocycles. The molecule has 3 nitrogen and oxygen atoms in total. The number of carbonyl (C=O) groups excluding carboxylic acids is 1. The normalized spacial score (nSPS) is 14.7. The molecule has 4 heteroatoms. The van der Waals surface area contributed by atoms with E-state index in [0.717, 1.165) is 12.0 Å². The lowest BCUT2D eigenvalue weighted by Crippen LogP contribution is -2.27. The summed E-state index contributed by atoms with van der Waals surface area (Å²) in [7, 11) is 0. The summed E-state index contributed by atoms with van der Waals surface area (Å²) in [5, 5.41) is 2.75. The van der Waals surface area contributed by atoms with E-state index in [1.165, 1.54) is 12.1 Å². The lowest BCUT2D eigenvalue weighted by Gasteiger charge is -2.13. The van der Waals surface area contributed by atoms with Crippen molar-refractivity contribution in [3.8, 4) is 0 Å². The predicted octanol–water partition coefficient (Wildman–Crippen LogP) is 2.00. The molecule has 2 rings (SSSR count). The fourth-order valence-corrected chi connectivity index (χ4v) is 1.86. The zero-order chi connectivity index (χ0) is 13.0. The predicted molar refractivity (Wildman–Crippen MR) is 67.8 cm³/mol. The summed E-state index contributed by atoms with van der Waals surface area (Å²) >= 11 is 0. The van der Waals surface area contributed by atoms with Crippen LogP contribution in [0.3, 0.4) is 0 Å². The van der Waals surface area contributed by atoms with Crippen molar-refractivity contribution in [2.24, 2.45) is 5.73 Å². The molecule has 0 spiro atoms. The molecule has 1 aromatic rings. The highest BCUT2D eigenvalue weighted by Crippen LogP contribution is 2.15. The highest BCUT2D eigenvalue weighted by molar-refractivity contribution is 5.94. The summed E-state index contributed by atoms with van der Waals surface area (Å²) in [6.45, 7) is 0.303. The van der Waals surface area contributed by atoms with Gasteiger partial charge in [-0.2, -0.15) is 0 Å². The Bertz CT molecular complexity index is 520. The van der Waals surface area contributed by atoms with Crippen molar-refractivity contribution in [3.05, 3.63) is 59.1 Å². The third-order valence-electron chi connectivity index (χ3n) is 2.82. The molecule has 0 saturated heterocycles. The molecule has 0 unspecified atom stereocenters. The topological polar surface area (TPSA) is 55.1 Å². The Balaban J connectivity index is 1.98. The summed E-state index contributed by atoms with van der Waals surface area (Å²) in [6, 6.07) is 6.16. The molecule has 0 heterocycles. The maximum Gasteiger partial charge on any atom is 0.249 e. The number of nitrogens with one attached hydrogen (secondary N) is 1. The molecule has 1 amide bonds. The van der Waals surface area contributed by atoms with Crippen molar-refractivity contribution in [1.82, 2.24) is 5.32 Å². The first-order valence-corrected chi connectivity index (χ1v) is 5.84. The molecular weight excluding hydrogens is 231 g/mol. The minimum absolute atomic E-state index is 0.180. The number of halogens is 1. The largest absolute Gasteiger partial charge is 0.398 e. The van der Waals surface area contributed by atoms with E-state index in [0.29, 0.717) is 24.2 Å². The number of rotatable bonds is 3. The van der Waals surface area contributed by atoms with Gasteiger partial charge in [0.1, 0.15) is 5.82 Å². The lowest BCUT2D eigenvalue weighted by atomic mass is 10.0. The Hall–Kier alpha value is -2.10. The average Bonchev–Trinajstić information content (AvgIpc) is 2.37. The molecule has 0 radical (unpaired) electrons. The number of carbonyl (C=O) groups is 1. The molecule has 3 N–H and O–H groups in total. The van der Waals surface area contributed by atoms with E-state index >= 15 is 0 Å². The van der Waals surface area contributed by atoms with Crippen LogP contribution in [0.15, 0.2) is 47.7 Å². The van der Waals surface area contributed by atoms with Crippen LogP contribution < -0.4 is 11.1 Å². The van der Waals surface area contributed by atoms with E-state index in [1.54, 1.807) is 18.2 Å². The third-order valence-corrected chi connectivity index (χ3v) is 2.82. The number of benzene rings is 1. The van der Waals surface area contributed by atoms with Crippen LogP contribution in [0.1, 0.15) is 18.4 Å². The number of hydrogen-bond donors (Lipinski definition) is 2. The fraction of sp³-hybridized carbons (Fsp3) is 0.214. The van der Waals surface area contributed by atoms with Gasteiger partial charge in [-0.15, -0.1) is 0 Å². The third kappa shape index (κ3) is 2.97. The van der Waals surface area contributed by atoms with Gasteiger partial charge in [0.15, 0.2) is 0 Å². The van der Waals surface area contributed by atoms with Crippen LogP contribution in [0.5, 0.6) is 0 Å². The van der Waals surface area contributed by atoms with Crippen molar-refractivity contribution in [1.29, 1.82) is 0 Å². The van der Waals surface area contributed by atoms with Crippen molar-refractivity contribution < 1.29 is 9.18 Å². The monoisotopic (exact) mass is 246 g/mol. The Kier molecular flexibility index (Phi) is 3.77. The van der Waals surface area contributed by atoms with Gasteiger partial charge in [0.25, 0.3) is 0 Å². The van der Waals surface area contributed by atoms with Gasteiger partial charge in [-0.25, -0.2) is 4.39 Å². The zero-order valence-corrected chi connectivity index (χ0v) is 9.95. The number of hydrogen-bond acceptors (Lipinski definition) is 2. The number of allylic oxidation sites excluding steroid dienone is 2. The molecule has 94 valence electrons. The Morgan fingerprint density at radius 1 is 1.44 bits per heavy atom. The highest BCUT2D eigenvalue weighted by Gasteiger charge is 2.14. The summed E-state index contributed by atoms with van der Waals surface area (Å²) < 4.78 is 13.0. The van der Waals surface area contributed by atoms with Crippen LogP contribution in [-0.4, -0.2) is 5.91 Å². The second-order valence-corrected chi connectivity index (χ2v) is 4.19. The van der Waals surface area contributed by atoms with Crippen LogP contribution in [0.2, 0.25) is 0 Å². The second kappa shape index (κ2) is 5.49. The average molecular weight is 246 g/mol. The SMILES string of the molecule is NC1=C(C(=O)NCc2cccc(F)c2)CCC=C1. The Morgan fingerprint density at radius 2 is 2.28 bits per heavy atom. The van der Waals surface area contributed by atoms with E-state index in [-0.39, 0.29) is 11.7 Å². The van der Waals surface area contributed by atoms with Gasteiger partial charge in [0, 0.05) is 17.8 Å². The summed E-state index contributed by atoms with van der Waals surface area (Å²) in [4.78, 5) is 11.9. The maximum absolute atomic E-state index is 13.0. The molecule has 1 aliphatic rings. The van der Waals surface area contributed by atoms with Gasteiger partial charge < -0.3 is 11.1 Å². The van der Waals surface area contributed by atoms with Gasteiger partial charge in [-0.3, -0.25) is 4.79 Å². The fourth-order valence-electron chi connectivity index (χ4n) is 1.86. The van der Waals surface area contributed by atoms with Crippen molar-refractivity contribution in [2.75, 3.05) is 0 Å². The van der Waals surface area contributed by atoms with Crippen LogP contribution in [0, 0.1) is 5.82 Å². The van der Waals surface area contributed by atoms with Gasteiger partial charge >= 0.3 is 0 Å². The van der Waals surface area contributed by atoms with E-state index in [4.69, 9.17) is 5.73 Å². The van der Waals surface area contributed by atoms with Gasteiger partial charge in [0.05, 0.1) is 0 Å². The van der Waals surface area contributed by atoms with E-state index in [9.17, 15) is 9.18 Å². The molecule has 1 aromatic carbocycles. The highest BCUT2D eigenvalue weighted by atomic mass is 19.1. The first-order valence-electron chi connectivity index (χ1n) is 5.84. The van der Waals surface area contributed by atoms with Gasteiger partial charge in [-0.1, -0.05) is 18.2 Å². The van der Waals surface area contributed by atoms with Crippen LogP contribution in [0.4, 0.5) is 4.39 Å². The van der Waals surface area contributed by atoms with Gasteiger partial charge in [-0.05, 0) is 36.6 Å². The van der Waals surface area contributed by atoms with Crippen molar-refractivity contribution in [2.45, 2.75) is 19.4 Å². The Morgan fingerprint density at radius 3 is 3.00 bits per heavy atom. The molecule has 1 aliphatic carbocycles. The summed E-state index contributed by atoms with van der Waals surface area (Å²) in [5.41, 5.74) is 7.59. The molecular formula is C14H15FN2O. The Labute approximate surface area is 105 Å². The molecule has 0 atom stereocenters. The van der Waals surface area contributed by atoms with Crippen LogP contribution in [-0.2, 0) is 11.3 Å². The van der Waals surface area contributed by atoms with E-state index in [2.05, 4.69) is 5.32 Å². The zero-order valence-electron chi connectivity index (χ0n) is 9.95. The number of nitrogens with two attached hydrogens (primary N) is 1. The summed E-state index contributed by atoms with van der Waals surface area (Å²) in [5.74, 6) is -0.484. The molecule has 18 heavy (non-hydrogen) atoms. The molecule has 0 bridgehead atoms.